The fraction of sp³-hybridized carbons (Fsp3) is 0.480. The molecular weight excluding hydrogens is 392 g/mol. The number of nitrogens with zero attached hydrogens (tertiary/aromatic N) is 1. The monoisotopic (exact) mass is 426 g/mol. The number of rotatable bonds is 10. The van der Waals surface area contributed by atoms with Crippen molar-refractivity contribution in [1.82, 2.24) is 0 Å². The van der Waals surface area contributed by atoms with Crippen molar-refractivity contribution in [2.24, 2.45) is 0 Å². The summed E-state index contributed by atoms with van der Waals surface area (Å²) in [5.74, 6) is 1.16. The lowest BCUT2D eigenvalue weighted by molar-refractivity contribution is -0.117. The van der Waals surface area contributed by atoms with Crippen LogP contribution in [0.4, 0.5) is 11.4 Å². The fourth-order valence-electron chi connectivity index (χ4n) is 3.89. The van der Waals surface area contributed by atoms with E-state index in [2.05, 4.69) is 17.1 Å². The molecular formula is C25H34N2O4. The Morgan fingerprint density at radius 3 is 2.35 bits per heavy atom. The topological polar surface area (TPSA) is 60.0 Å². The van der Waals surface area contributed by atoms with Crippen LogP contribution in [-0.4, -0.2) is 45.4 Å². The van der Waals surface area contributed by atoms with E-state index in [0.717, 1.165) is 42.9 Å². The van der Waals surface area contributed by atoms with Crippen molar-refractivity contribution < 1.29 is 19.0 Å². The molecule has 2 aromatic carbocycles. The second kappa shape index (κ2) is 11.6. The van der Waals surface area contributed by atoms with Crippen molar-refractivity contribution in [1.29, 1.82) is 0 Å². The minimum absolute atomic E-state index is 0.0319. The van der Waals surface area contributed by atoms with Crippen LogP contribution in [0.25, 0.3) is 0 Å². The highest BCUT2D eigenvalue weighted by molar-refractivity contribution is 5.97. The molecule has 0 aliphatic carbocycles. The summed E-state index contributed by atoms with van der Waals surface area (Å²) in [6.07, 6.45) is 1.70. The first-order valence-corrected chi connectivity index (χ1v) is 11.3. The summed E-state index contributed by atoms with van der Waals surface area (Å²) in [5, 5.41) is 3.12. The predicted molar refractivity (Wildman–Crippen MR) is 125 cm³/mol. The third kappa shape index (κ3) is 5.91. The van der Waals surface area contributed by atoms with Crippen molar-refractivity contribution in [3.8, 4) is 11.5 Å². The molecule has 1 aliphatic rings. The number of hydrogen-bond acceptors (Lipinski definition) is 5. The lowest BCUT2D eigenvalue weighted by Crippen LogP contribution is -2.36. The molecule has 1 aliphatic heterocycles. The van der Waals surface area contributed by atoms with E-state index in [-0.39, 0.29) is 11.8 Å². The molecule has 1 N–H and O–H groups in total. The number of morpholine rings is 1. The molecule has 1 fully saturated rings. The Kier molecular flexibility index (Phi) is 8.59. The fourth-order valence-corrected chi connectivity index (χ4v) is 3.89. The van der Waals surface area contributed by atoms with Gasteiger partial charge in [0.05, 0.1) is 43.7 Å². The zero-order valence-electron chi connectivity index (χ0n) is 18.9. The van der Waals surface area contributed by atoms with Gasteiger partial charge in [0.2, 0.25) is 5.91 Å². The van der Waals surface area contributed by atoms with E-state index in [1.165, 1.54) is 0 Å². The normalized spacial score (nSPS) is 14.7. The quantitative estimate of drug-likeness (QED) is 0.589. The largest absolute Gasteiger partial charge is 0.492 e. The molecule has 3 rings (SSSR count). The van der Waals surface area contributed by atoms with Gasteiger partial charge in [0.1, 0.15) is 11.5 Å². The maximum Gasteiger partial charge on any atom is 0.232 e. The summed E-state index contributed by atoms with van der Waals surface area (Å²) in [4.78, 5) is 15.5. The van der Waals surface area contributed by atoms with Crippen LogP contribution in [0.5, 0.6) is 11.5 Å². The van der Waals surface area contributed by atoms with Gasteiger partial charge in [0.25, 0.3) is 0 Å². The lowest BCUT2D eigenvalue weighted by Gasteiger charge is -2.31. The van der Waals surface area contributed by atoms with Gasteiger partial charge < -0.3 is 24.4 Å². The van der Waals surface area contributed by atoms with Gasteiger partial charge in [0, 0.05) is 25.2 Å². The predicted octanol–water partition coefficient (Wildman–Crippen LogP) is 4.84. The summed E-state index contributed by atoms with van der Waals surface area (Å²) < 4.78 is 17.4. The van der Waals surface area contributed by atoms with E-state index >= 15 is 0 Å². The lowest BCUT2D eigenvalue weighted by atomic mass is 9.93. The van der Waals surface area contributed by atoms with Gasteiger partial charge in [-0.2, -0.15) is 0 Å². The van der Waals surface area contributed by atoms with E-state index in [1.54, 1.807) is 0 Å². The average molecular weight is 427 g/mol. The summed E-state index contributed by atoms with van der Waals surface area (Å²) >= 11 is 0. The van der Waals surface area contributed by atoms with Crippen molar-refractivity contribution in [2.75, 3.05) is 49.7 Å². The van der Waals surface area contributed by atoms with E-state index in [0.29, 0.717) is 37.9 Å². The smallest absolute Gasteiger partial charge is 0.232 e. The number of carbonyl (C=O) groups is 1. The van der Waals surface area contributed by atoms with E-state index in [9.17, 15) is 4.79 Å². The van der Waals surface area contributed by atoms with Gasteiger partial charge in [-0.1, -0.05) is 43.7 Å². The molecule has 0 unspecified atom stereocenters. The zero-order chi connectivity index (χ0) is 22.1. The molecule has 6 heteroatoms. The molecule has 2 aromatic rings. The maximum absolute atomic E-state index is 13.3. The van der Waals surface area contributed by atoms with E-state index in [1.807, 2.05) is 56.3 Å². The number of nitrogens with one attached hydrogen (secondary N) is 1. The first-order chi connectivity index (χ1) is 15.2. The highest BCUT2D eigenvalue weighted by Gasteiger charge is 2.24. The number of benzene rings is 2. The molecule has 0 spiro atoms. The minimum Gasteiger partial charge on any atom is -0.492 e. The first-order valence-electron chi connectivity index (χ1n) is 11.3. The number of ether oxygens (including phenoxy) is 3. The Labute approximate surface area is 185 Å². The summed E-state index contributed by atoms with van der Waals surface area (Å²) in [7, 11) is 0. The SMILES string of the molecule is CCC[C@@H](C(=O)Nc1cc(OCC)c(N2CCOCC2)cc1OCC)c1ccccc1. The Morgan fingerprint density at radius 2 is 1.71 bits per heavy atom. The zero-order valence-corrected chi connectivity index (χ0v) is 18.9. The summed E-state index contributed by atoms with van der Waals surface area (Å²) in [6.45, 7) is 10.0. The molecule has 0 saturated carbocycles. The molecule has 1 amide bonds. The Balaban J connectivity index is 1.92. The standard InChI is InChI=1S/C25H34N2O4/c1-4-10-20(19-11-8-7-9-12-19)25(28)26-21-17-24(31-6-3)22(18-23(21)30-5-2)27-13-15-29-16-14-27/h7-9,11-12,17-18,20H,4-6,10,13-16H2,1-3H3,(H,26,28)/t20-/m1/s1. The molecule has 6 nitrogen and oxygen atoms in total. The Bertz CT molecular complexity index is 835. The van der Waals surface area contributed by atoms with Crippen molar-refractivity contribution in [3.63, 3.8) is 0 Å². The molecule has 168 valence electrons. The second-order valence-electron chi connectivity index (χ2n) is 7.52. The van der Waals surface area contributed by atoms with Crippen molar-refractivity contribution in [2.45, 2.75) is 39.5 Å². The minimum atomic E-state index is -0.213. The number of carbonyl (C=O) groups excluding carboxylic acids is 1. The molecule has 0 aromatic heterocycles. The first kappa shape index (κ1) is 22.9. The number of anilines is 2. The van der Waals surface area contributed by atoms with Crippen molar-refractivity contribution >= 4 is 17.3 Å². The Hall–Kier alpha value is -2.73. The highest BCUT2D eigenvalue weighted by Crippen LogP contribution is 2.40. The van der Waals surface area contributed by atoms with Crippen LogP contribution in [0.2, 0.25) is 0 Å². The van der Waals surface area contributed by atoms with Crippen LogP contribution in [0.3, 0.4) is 0 Å². The van der Waals surface area contributed by atoms with Crippen LogP contribution in [0, 0.1) is 0 Å². The number of hydrogen-bond donors (Lipinski definition) is 1. The van der Waals surface area contributed by atoms with Crippen LogP contribution in [0.15, 0.2) is 42.5 Å². The molecule has 0 bridgehead atoms. The third-order valence-electron chi connectivity index (χ3n) is 5.37. The van der Waals surface area contributed by atoms with Crippen LogP contribution >= 0.6 is 0 Å². The molecule has 1 atom stereocenters. The molecule has 0 radical (unpaired) electrons. The molecule has 1 saturated heterocycles. The van der Waals surface area contributed by atoms with Crippen LogP contribution < -0.4 is 19.7 Å². The average Bonchev–Trinajstić information content (AvgIpc) is 2.80. The highest BCUT2D eigenvalue weighted by atomic mass is 16.5. The van der Waals surface area contributed by atoms with Gasteiger partial charge in [0.15, 0.2) is 0 Å². The van der Waals surface area contributed by atoms with Gasteiger partial charge in [-0.15, -0.1) is 0 Å². The van der Waals surface area contributed by atoms with Crippen LogP contribution in [-0.2, 0) is 9.53 Å². The molecule has 31 heavy (non-hydrogen) atoms. The molecule has 1 heterocycles. The third-order valence-corrected chi connectivity index (χ3v) is 5.37. The van der Waals surface area contributed by atoms with E-state index in [4.69, 9.17) is 14.2 Å². The summed E-state index contributed by atoms with van der Waals surface area (Å²) in [5.41, 5.74) is 2.64. The maximum atomic E-state index is 13.3. The van der Waals surface area contributed by atoms with E-state index < -0.39 is 0 Å². The van der Waals surface area contributed by atoms with Gasteiger partial charge in [-0.25, -0.2) is 0 Å². The van der Waals surface area contributed by atoms with Crippen molar-refractivity contribution in [3.05, 3.63) is 48.0 Å². The van der Waals surface area contributed by atoms with Gasteiger partial charge in [-0.05, 0) is 25.8 Å². The summed E-state index contributed by atoms with van der Waals surface area (Å²) in [6, 6.07) is 13.8. The van der Waals surface area contributed by atoms with Gasteiger partial charge in [-0.3, -0.25) is 4.79 Å². The second-order valence-corrected chi connectivity index (χ2v) is 7.52. The number of amides is 1. The van der Waals surface area contributed by atoms with Gasteiger partial charge >= 0.3 is 0 Å². The Morgan fingerprint density at radius 1 is 1.03 bits per heavy atom. The van der Waals surface area contributed by atoms with Crippen LogP contribution in [0.1, 0.15) is 45.1 Å².